The number of nitrogens with zero attached hydrogens (tertiary/aromatic N) is 5. The number of ether oxygens (including phenoxy) is 2. The molecule has 1 atom stereocenters. The number of benzene rings is 1. The molecule has 1 aliphatic rings. The lowest BCUT2D eigenvalue weighted by molar-refractivity contribution is -0.132. The number of amides is 1. The van der Waals surface area contributed by atoms with Gasteiger partial charge in [0.15, 0.2) is 11.4 Å². The molecular weight excluding hydrogens is 410 g/mol. The quantitative estimate of drug-likeness (QED) is 0.524. The lowest BCUT2D eigenvalue weighted by atomic mass is 9.94. The van der Waals surface area contributed by atoms with Crippen LogP contribution in [0, 0.1) is 0 Å². The minimum Gasteiger partial charge on any atom is -0.497 e. The van der Waals surface area contributed by atoms with Gasteiger partial charge in [0, 0.05) is 57.4 Å². The van der Waals surface area contributed by atoms with Gasteiger partial charge in [0.25, 0.3) is 0 Å². The molecule has 9 heteroatoms. The Morgan fingerprint density at radius 1 is 1.12 bits per heavy atom. The number of methoxy groups -OCH3 is 2. The number of carbonyl (C=O) groups is 2. The highest BCUT2D eigenvalue weighted by atomic mass is 16.5. The number of ketones is 1. The number of Topliss-reactive ketones (excluding diaryl/α,β-unsaturated/α-hetero) is 1. The molecule has 0 unspecified atom stereocenters. The molecule has 2 aromatic heterocycles. The van der Waals surface area contributed by atoms with E-state index in [9.17, 15) is 9.59 Å². The van der Waals surface area contributed by atoms with Crippen LogP contribution in [0.25, 0.3) is 11.2 Å². The Balaban J connectivity index is 1.41. The summed E-state index contributed by atoms with van der Waals surface area (Å²) in [6.07, 6.45) is 5.42. The summed E-state index contributed by atoms with van der Waals surface area (Å²) in [5.74, 6) is 1.01. The van der Waals surface area contributed by atoms with Gasteiger partial charge < -0.3 is 14.4 Å². The molecule has 1 amide bonds. The first-order valence-electron chi connectivity index (χ1n) is 10.7. The topological polar surface area (TPSA) is 99.4 Å². The van der Waals surface area contributed by atoms with Gasteiger partial charge in [-0.1, -0.05) is 0 Å². The van der Waals surface area contributed by atoms with Crippen LogP contribution in [0.5, 0.6) is 11.5 Å². The highest BCUT2D eigenvalue weighted by Gasteiger charge is 2.29. The van der Waals surface area contributed by atoms with E-state index >= 15 is 0 Å². The smallest absolute Gasteiger partial charge is 0.223 e. The van der Waals surface area contributed by atoms with Gasteiger partial charge in [-0.15, -0.1) is 0 Å². The van der Waals surface area contributed by atoms with Crippen molar-refractivity contribution in [2.24, 2.45) is 7.05 Å². The van der Waals surface area contributed by atoms with Crippen molar-refractivity contribution in [1.82, 2.24) is 24.6 Å². The Kier molecular flexibility index (Phi) is 6.34. The van der Waals surface area contributed by atoms with Crippen LogP contribution >= 0.6 is 0 Å². The molecule has 0 spiro atoms. The number of piperidine rings is 1. The lowest BCUT2D eigenvalue weighted by Crippen LogP contribution is -2.39. The predicted octanol–water partition coefficient (Wildman–Crippen LogP) is 2.75. The van der Waals surface area contributed by atoms with Crippen LogP contribution in [0.15, 0.2) is 30.6 Å². The van der Waals surface area contributed by atoms with Crippen molar-refractivity contribution < 1.29 is 19.1 Å². The van der Waals surface area contributed by atoms with E-state index in [2.05, 4.69) is 15.1 Å². The van der Waals surface area contributed by atoms with E-state index in [-0.39, 0.29) is 30.4 Å². The van der Waals surface area contributed by atoms with E-state index in [4.69, 9.17) is 9.47 Å². The highest BCUT2D eigenvalue weighted by Crippen LogP contribution is 2.30. The maximum Gasteiger partial charge on any atom is 0.223 e. The SMILES string of the molecule is COc1ccc(C(=O)CCC(=O)N2CCC[C@H](c3nn(C)c4nccnc34)C2)c(OC)c1. The maximum atomic E-state index is 12.9. The van der Waals surface area contributed by atoms with Crippen molar-refractivity contribution in [3.05, 3.63) is 41.9 Å². The van der Waals surface area contributed by atoms with Crippen LogP contribution in [0.1, 0.15) is 47.7 Å². The largest absolute Gasteiger partial charge is 0.497 e. The molecule has 1 aliphatic heterocycles. The van der Waals surface area contributed by atoms with Crippen LogP contribution in [0.4, 0.5) is 0 Å². The first-order chi connectivity index (χ1) is 15.5. The second-order valence-corrected chi connectivity index (χ2v) is 7.91. The number of aromatic nitrogens is 4. The third-order valence-corrected chi connectivity index (χ3v) is 5.92. The third kappa shape index (κ3) is 4.28. The Hall–Kier alpha value is -3.49. The van der Waals surface area contributed by atoms with Crippen LogP contribution in [-0.4, -0.2) is 63.6 Å². The van der Waals surface area contributed by atoms with Gasteiger partial charge in [0.2, 0.25) is 5.91 Å². The molecule has 0 bridgehead atoms. The normalized spacial score (nSPS) is 16.2. The molecule has 0 saturated carbocycles. The summed E-state index contributed by atoms with van der Waals surface area (Å²) in [6.45, 7) is 1.26. The standard InChI is InChI=1S/C23H27N5O4/c1-27-23-22(24-10-11-25-23)21(26-27)15-5-4-12-28(14-15)20(30)9-8-18(29)17-7-6-16(31-2)13-19(17)32-3/h6-7,10-11,13,15H,4-5,8-9,12,14H2,1-3H3/t15-/m0/s1. The average molecular weight is 438 g/mol. The molecule has 1 aromatic carbocycles. The van der Waals surface area contributed by atoms with E-state index in [0.717, 1.165) is 29.7 Å². The fourth-order valence-corrected chi connectivity index (χ4v) is 4.25. The Bertz CT molecular complexity index is 1140. The number of hydrogen-bond acceptors (Lipinski definition) is 7. The van der Waals surface area contributed by atoms with Gasteiger partial charge >= 0.3 is 0 Å². The Morgan fingerprint density at radius 3 is 2.72 bits per heavy atom. The molecule has 1 fully saturated rings. The minimum atomic E-state index is -0.127. The number of likely N-dealkylation sites (tertiary alicyclic amines) is 1. The first-order valence-corrected chi connectivity index (χ1v) is 10.7. The van der Waals surface area contributed by atoms with E-state index in [0.29, 0.717) is 30.2 Å². The van der Waals surface area contributed by atoms with Gasteiger partial charge in [-0.3, -0.25) is 9.59 Å². The minimum absolute atomic E-state index is 0.0261. The first kappa shape index (κ1) is 21.7. The summed E-state index contributed by atoms with van der Waals surface area (Å²) in [4.78, 5) is 36.3. The zero-order chi connectivity index (χ0) is 22.7. The Morgan fingerprint density at radius 2 is 1.94 bits per heavy atom. The van der Waals surface area contributed by atoms with Crippen LogP contribution < -0.4 is 9.47 Å². The summed E-state index contributed by atoms with van der Waals surface area (Å²) in [7, 11) is 4.92. The van der Waals surface area contributed by atoms with E-state index < -0.39 is 0 Å². The molecule has 9 nitrogen and oxygen atoms in total. The average Bonchev–Trinajstić information content (AvgIpc) is 3.18. The monoisotopic (exact) mass is 437 g/mol. The zero-order valence-corrected chi connectivity index (χ0v) is 18.6. The molecule has 1 saturated heterocycles. The van der Waals surface area contributed by atoms with Gasteiger partial charge in [0.05, 0.1) is 25.5 Å². The number of carbonyl (C=O) groups excluding carboxylic acids is 2. The van der Waals surface area contributed by atoms with Gasteiger partial charge in [-0.2, -0.15) is 5.10 Å². The summed E-state index contributed by atoms with van der Waals surface area (Å²) in [5.41, 5.74) is 2.87. The summed E-state index contributed by atoms with van der Waals surface area (Å²) < 4.78 is 12.2. The summed E-state index contributed by atoms with van der Waals surface area (Å²) in [6, 6.07) is 5.06. The fraction of sp³-hybridized carbons (Fsp3) is 0.435. The number of hydrogen-bond donors (Lipinski definition) is 0. The van der Waals surface area contributed by atoms with E-state index in [1.807, 2.05) is 11.9 Å². The molecule has 168 valence electrons. The fourth-order valence-electron chi connectivity index (χ4n) is 4.25. The molecule has 0 radical (unpaired) electrons. The molecule has 0 aliphatic carbocycles. The second-order valence-electron chi connectivity index (χ2n) is 7.91. The summed E-state index contributed by atoms with van der Waals surface area (Å²) in [5, 5.41) is 4.63. The molecule has 3 aromatic rings. The lowest BCUT2D eigenvalue weighted by Gasteiger charge is -2.32. The van der Waals surface area contributed by atoms with Crippen molar-refractivity contribution in [3.63, 3.8) is 0 Å². The predicted molar refractivity (Wildman–Crippen MR) is 118 cm³/mol. The van der Waals surface area contributed by atoms with Crippen LogP contribution in [0.2, 0.25) is 0 Å². The molecule has 32 heavy (non-hydrogen) atoms. The summed E-state index contributed by atoms with van der Waals surface area (Å²) >= 11 is 0. The molecule has 4 rings (SSSR count). The van der Waals surface area contributed by atoms with E-state index in [1.165, 1.54) is 7.11 Å². The van der Waals surface area contributed by atoms with Gasteiger partial charge in [0.1, 0.15) is 17.0 Å². The molecule has 0 N–H and O–H groups in total. The van der Waals surface area contributed by atoms with Crippen molar-refractivity contribution in [3.8, 4) is 11.5 Å². The third-order valence-electron chi connectivity index (χ3n) is 5.92. The molecule has 3 heterocycles. The Labute approximate surface area is 186 Å². The van der Waals surface area contributed by atoms with Gasteiger partial charge in [-0.05, 0) is 25.0 Å². The van der Waals surface area contributed by atoms with Crippen molar-refractivity contribution in [2.45, 2.75) is 31.6 Å². The highest BCUT2D eigenvalue weighted by molar-refractivity contribution is 6.00. The molecular formula is C23H27N5O4. The van der Waals surface area contributed by atoms with Crippen molar-refractivity contribution >= 4 is 22.9 Å². The second kappa shape index (κ2) is 9.33. The van der Waals surface area contributed by atoms with Crippen LogP contribution in [-0.2, 0) is 11.8 Å². The van der Waals surface area contributed by atoms with E-state index in [1.54, 1.807) is 42.4 Å². The van der Waals surface area contributed by atoms with Crippen molar-refractivity contribution in [1.29, 1.82) is 0 Å². The van der Waals surface area contributed by atoms with Crippen molar-refractivity contribution in [2.75, 3.05) is 27.3 Å². The van der Waals surface area contributed by atoms with Gasteiger partial charge in [-0.25, -0.2) is 14.6 Å². The zero-order valence-electron chi connectivity index (χ0n) is 18.6. The number of aryl methyl sites for hydroxylation is 1. The number of rotatable bonds is 7. The van der Waals surface area contributed by atoms with Crippen LogP contribution in [0.3, 0.4) is 0 Å². The maximum absolute atomic E-state index is 12.9. The number of fused-ring (bicyclic) bond motifs is 1.